The zero-order valence-electron chi connectivity index (χ0n) is 12.9. The van der Waals surface area contributed by atoms with Gasteiger partial charge in [-0.25, -0.2) is 0 Å². The molecule has 0 spiro atoms. The number of carboxylic acid groups (broad SMARTS) is 1. The molecule has 1 aliphatic rings. The molecule has 20 heavy (non-hydrogen) atoms. The maximum atomic E-state index is 12.1. The molecular weight excluding hydrogens is 256 g/mol. The zero-order valence-corrected chi connectivity index (χ0v) is 12.9. The molecule has 5 nitrogen and oxygen atoms in total. The van der Waals surface area contributed by atoms with Crippen molar-refractivity contribution in [2.45, 2.75) is 52.5 Å². The second-order valence-corrected chi connectivity index (χ2v) is 6.25. The number of hydrogen-bond acceptors (Lipinski definition) is 3. The fraction of sp³-hybridized carbons (Fsp3) is 0.867. The minimum Gasteiger partial charge on any atom is -0.481 e. The van der Waals surface area contributed by atoms with Crippen molar-refractivity contribution in [3.05, 3.63) is 0 Å². The molecule has 2 atom stereocenters. The second-order valence-electron chi connectivity index (χ2n) is 6.25. The number of amides is 1. The summed E-state index contributed by atoms with van der Waals surface area (Å²) in [6.07, 6.45) is 3.06. The van der Waals surface area contributed by atoms with Crippen LogP contribution < -0.4 is 5.32 Å². The van der Waals surface area contributed by atoms with Gasteiger partial charge < -0.3 is 10.4 Å². The van der Waals surface area contributed by atoms with Crippen LogP contribution in [0.2, 0.25) is 0 Å². The molecular formula is C15H28N2O3. The lowest BCUT2D eigenvalue weighted by Crippen LogP contribution is -2.49. The first-order valence-corrected chi connectivity index (χ1v) is 7.63. The normalized spacial score (nSPS) is 21.7. The summed E-state index contributed by atoms with van der Waals surface area (Å²) in [6.45, 7) is 8.57. The molecule has 1 rings (SSSR count). The first-order chi connectivity index (χ1) is 9.40. The first-order valence-electron chi connectivity index (χ1n) is 7.63. The molecule has 2 N–H and O–H groups in total. The molecule has 1 fully saturated rings. The molecule has 5 heteroatoms. The summed E-state index contributed by atoms with van der Waals surface area (Å²) in [6, 6.07) is -0.124. The minimum atomic E-state index is -0.732. The van der Waals surface area contributed by atoms with E-state index < -0.39 is 5.97 Å². The monoisotopic (exact) mass is 284 g/mol. The maximum absolute atomic E-state index is 12.1. The van der Waals surface area contributed by atoms with Gasteiger partial charge >= 0.3 is 5.97 Å². The van der Waals surface area contributed by atoms with Gasteiger partial charge in [-0.2, -0.15) is 0 Å². The molecule has 0 saturated carbocycles. The van der Waals surface area contributed by atoms with E-state index in [4.69, 9.17) is 5.11 Å². The van der Waals surface area contributed by atoms with E-state index in [-0.39, 0.29) is 18.4 Å². The highest BCUT2D eigenvalue weighted by atomic mass is 16.4. The molecule has 0 aromatic carbocycles. The molecule has 116 valence electrons. The number of carbonyl (C=O) groups is 2. The van der Waals surface area contributed by atoms with E-state index in [0.717, 1.165) is 25.9 Å². The Morgan fingerprint density at radius 1 is 1.35 bits per heavy atom. The quantitative estimate of drug-likeness (QED) is 0.747. The van der Waals surface area contributed by atoms with Gasteiger partial charge in [0, 0.05) is 19.5 Å². The van der Waals surface area contributed by atoms with Crippen LogP contribution in [0, 0.1) is 11.8 Å². The molecule has 1 aliphatic heterocycles. The number of nitrogens with one attached hydrogen (secondary N) is 1. The number of rotatable bonds is 7. The highest BCUT2D eigenvalue weighted by Crippen LogP contribution is 2.22. The molecule has 1 saturated heterocycles. The number of nitrogens with zero attached hydrogens (tertiary/aromatic N) is 1. The van der Waals surface area contributed by atoms with Crippen LogP contribution >= 0.6 is 0 Å². The summed E-state index contributed by atoms with van der Waals surface area (Å²) in [5.74, 6) is 0.207. The van der Waals surface area contributed by atoms with Crippen LogP contribution in [-0.4, -0.2) is 47.6 Å². The van der Waals surface area contributed by atoms with Gasteiger partial charge in [-0.05, 0) is 44.6 Å². The van der Waals surface area contributed by atoms with Crippen LogP contribution in [0.15, 0.2) is 0 Å². The van der Waals surface area contributed by atoms with Crippen molar-refractivity contribution < 1.29 is 14.7 Å². The summed E-state index contributed by atoms with van der Waals surface area (Å²) in [7, 11) is 0. The van der Waals surface area contributed by atoms with Crippen LogP contribution in [0.3, 0.4) is 0 Å². The lowest BCUT2D eigenvalue weighted by Gasteiger charge is -2.36. The van der Waals surface area contributed by atoms with E-state index in [1.807, 2.05) is 6.92 Å². The Bertz CT molecular complexity index is 331. The van der Waals surface area contributed by atoms with E-state index in [1.165, 1.54) is 0 Å². The molecule has 1 heterocycles. The van der Waals surface area contributed by atoms with Gasteiger partial charge in [-0.15, -0.1) is 0 Å². The average molecular weight is 284 g/mol. The van der Waals surface area contributed by atoms with E-state index in [0.29, 0.717) is 24.8 Å². The van der Waals surface area contributed by atoms with Gasteiger partial charge in [-0.1, -0.05) is 13.8 Å². The maximum Gasteiger partial charge on any atom is 0.303 e. The minimum absolute atomic E-state index is 0.0811. The van der Waals surface area contributed by atoms with Crippen LogP contribution in [0.25, 0.3) is 0 Å². The number of carbonyl (C=O) groups excluding carboxylic acids is 1. The predicted molar refractivity (Wildman–Crippen MR) is 78.5 cm³/mol. The number of aliphatic carboxylic acids is 1. The number of likely N-dealkylation sites (tertiary alicyclic amines) is 1. The van der Waals surface area contributed by atoms with Crippen molar-refractivity contribution in [2.75, 3.05) is 19.6 Å². The third-order valence-electron chi connectivity index (χ3n) is 3.93. The lowest BCUT2D eigenvalue weighted by molar-refractivity contribution is -0.137. The third kappa shape index (κ3) is 5.90. The van der Waals surface area contributed by atoms with Crippen molar-refractivity contribution >= 4 is 11.9 Å². The smallest absolute Gasteiger partial charge is 0.303 e. The second kappa shape index (κ2) is 8.25. The first kappa shape index (κ1) is 17.0. The molecule has 2 unspecified atom stereocenters. The summed E-state index contributed by atoms with van der Waals surface area (Å²) in [5, 5.41) is 11.7. The van der Waals surface area contributed by atoms with Gasteiger partial charge in [0.2, 0.25) is 5.91 Å². The molecule has 0 aromatic heterocycles. The van der Waals surface area contributed by atoms with E-state index in [9.17, 15) is 9.59 Å². The largest absolute Gasteiger partial charge is 0.481 e. The van der Waals surface area contributed by atoms with E-state index >= 15 is 0 Å². The van der Waals surface area contributed by atoms with E-state index in [2.05, 4.69) is 24.1 Å². The van der Waals surface area contributed by atoms with E-state index in [1.54, 1.807) is 0 Å². The Morgan fingerprint density at radius 2 is 2.05 bits per heavy atom. The van der Waals surface area contributed by atoms with Crippen molar-refractivity contribution in [1.82, 2.24) is 10.2 Å². The molecule has 0 aliphatic carbocycles. The van der Waals surface area contributed by atoms with Crippen LogP contribution in [0.4, 0.5) is 0 Å². The van der Waals surface area contributed by atoms with Crippen molar-refractivity contribution in [3.8, 4) is 0 Å². The van der Waals surface area contributed by atoms with Gasteiger partial charge in [0.1, 0.15) is 0 Å². The number of carboxylic acids is 1. The summed E-state index contributed by atoms with van der Waals surface area (Å²) in [5.41, 5.74) is 0. The predicted octanol–water partition coefficient (Wildman–Crippen LogP) is 1.72. The Kier molecular flexibility index (Phi) is 6.99. The highest BCUT2D eigenvalue weighted by Gasteiger charge is 2.27. The number of hydrogen-bond donors (Lipinski definition) is 2. The highest BCUT2D eigenvalue weighted by molar-refractivity contribution is 5.81. The summed E-state index contributed by atoms with van der Waals surface area (Å²) in [4.78, 5) is 24.9. The van der Waals surface area contributed by atoms with Gasteiger partial charge in [0.25, 0.3) is 0 Å². The summed E-state index contributed by atoms with van der Waals surface area (Å²) < 4.78 is 0. The van der Waals surface area contributed by atoms with Crippen LogP contribution in [-0.2, 0) is 9.59 Å². The third-order valence-corrected chi connectivity index (χ3v) is 3.93. The molecule has 0 aromatic rings. The fourth-order valence-corrected chi connectivity index (χ4v) is 2.63. The Labute approximate surface area is 121 Å². The standard InChI is InChI=1S/C15H28N2O3/c1-11(2)9-16-15(20)12(3)17-8-4-5-13(10-17)6-7-14(18)19/h11-13H,4-10H2,1-3H3,(H,16,20)(H,18,19). The lowest BCUT2D eigenvalue weighted by atomic mass is 9.92. The summed E-state index contributed by atoms with van der Waals surface area (Å²) >= 11 is 0. The molecule has 1 amide bonds. The van der Waals surface area contributed by atoms with Crippen LogP contribution in [0.1, 0.15) is 46.5 Å². The van der Waals surface area contributed by atoms with Crippen molar-refractivity contribution in [1.29, 1.82) is 0 Å². The Morgan fingerprint density at radius 3 is 2.65 bits per heavy atom. The van der Waals surface area contributed by atoms with Gasteiger partial charge in [0.05, 0.1) is 6.04 Å². The number of piperidine rings is 1. The van der Waals surface area contributed by atoms with Crippen LogP contribution in [0.5, 0.6) is 0 Å². The van der Waals surface area contributed by atoms with Gasteiger partial charge in [-0.3, -0.25) is 14.5 Å². The topological polar surface area (TPSA) is 69.6 Å². The fourth-order valence-electron chi connectivity index (χ4n) is 2.63. The molecule has 0 bridgehead atoms. The average Bonchev–Trinajstić information content (AvgIpc) is 2.42. The Hall–Kier alpha value is -1.10. The van der Waals surface area contributed by atoms with Crippen molar-refractivity contribution in [3.63, 3.8) is 0 Å². The van der Waals surface area contributed by atoms with Gasteiger partial charge in [0.15, 0.2) is 0 Å². The SMILES string of the molecule is CC(C)CNC(=O)C(C)N1CCCC(CCC(=O)O)C1. The molecule has 0 radical (unpaired) electrons. The van der Waals surface area contributed by atoms with Crippen molar-refractivity contribution in [2.24, 2.45) is 11.8 Å². The Balaban J connectivity index is 2.40. The zero-order chi connectivity index (χ0) is 15.1.